The predicted octanol–water partition coefficient (Wildman–Crippen LogP) is 6.95. The van der Waals surface area contributed by atoms with Crippen molar-refractivity contribution in [1.29, 1.82) is 0 Å². The lowest BCUT2D eigenvalue weighted by Crippen LogP contribution is -2.40. The van der Waals surface area contributed by atoms with Gasteiger partial charge in [-0.1, -0.05) is 77.6 Å². The van der Waals surface area contributed by atoms with Crippen molar-refractivity contribution in [2.45, 2.75) is 96.7 Å². The van der Waals surface area contributed by atoms with Gasteiger partial charge >= 0.3 is 0 Å². The minimum Gasteiger partial charge on any atom is -0.445 e. The molecule has 0 N–H and O–H groups in total. The number of rotatable bonds is 15. The van der Waals surface area contributed by atoms with Crippen molar-refractivity contribution >= 4 is 11.3 Å². The molecule has 0 fully saturated rings. The topological polar surface area (TPSA) is 27.7 Å². The summed E-state index contributed by atoms with van der Waals surface area (Å²) >= 11 is 1.60. The molecule has 3 nitrogen and oxygen atoms in total. The molecule has 0 spiro atoms. The summed E-state index contributed by atoms with van der Waals surface area (Å²) in [4.78, 5) is 0. The Morgan fingerprint density at radius 2 is 1.28 bits per heavy atom. The van der Waals surface area contributed by atoms with E-state index >= 15 is 0 Å². The van der Waals surface area contributed by atoms with E-state index in [4.69, 9.17) is 14.2 Å². The minimum absolute atomic E-state index is 0.490. The van der Waals surface area contributed by atoms with Crippen molar-refractivity contribution in [3.05, 3.63) is 10.8 Å². The van der Waals surface area contributed by atoms with Gasteiger partial charge < -0.3 is 14.2 Å². The van der Waals surface area contributed by atoms with E-state index in [2.05, 4.69) is 6.92 Å². The summed E-state index contributed by atoms with van der Waals surface area (Å²) in [6.45, 7) is 5.51. The summed E-state index contributed by atoms with van der Waals surface area (Å²) in [7, 11) is 0. The number of ether oxygens (including phenoxy) is 3. The Labute approximate surface area is 158 Å². The SMILES string of the molecule is CCCCCCCCCCCCCCOCC1(C)Oc2cscc2O1. The lowest BCUT2D eigenvalue weighted by molar-refractivity contribution is -0.118. The second-order valence-corrected chi connectivity index (χ2v) is 8.12. The Morgan fingerprint density at radius 1 is 0.800 bits per heavy atom. The molecule has 0 unspecified atom stereocenters. The van der Waals surface area contributed by atoms with Crippen molar-refractivity contribution in [3.8, 4) is 11.5 Å². The van der Waals surface area contributed by atoms with Gasteiger partial charge in [-0.15, -0.1) is 11.3 Å². The van der Waals surface area contributed by atoms with Gasteiger partial charge in [-0.25, -0.2) is 0 Å². The van der Waals surface area contributed by atoms with Crippen LogP contribution >= 0.6 is 11.3 Å². The Balaban J connectivity index is 1.33. The molecule has 0 aliphatic carbocycles. The Morgan fingerprint density at radius 3 is 1.80 bits per heavy atom. The molecule has 0 amide bonds. The molecule has 0 radical (unpaired) electrons. The fourth-order valence-corrected chi connectivity index (χ4v) is 3.91. The van der Waals surface area contributed by atoms with E-state index in [1.54, 1.807) is 11.3 Å². The molecule has 4 heteroatoms. The Kier molecular flexibility index (Phi) is 9.70. The van der Waals surface area contributed by atoms with Crippen LogP contribution in [0, 0.1) is 0 Å². The van der Waals surface area contributed by atoms with Gasteiger partial charge in [-0.3, -0.25) is 0 Å². The molecule has 1 aliphatic heterocycles. The zero-order chi connectivity index (χ0) is 17.8. The number of fused-ring (bicyclic) bond motifs is 1. The van der Waals surface area contributed by atoms with Crippen LogP contribution in [0.3, 0.4) is 0 Å². The third-order valence-corrected chi connectivity index (χ3v) is 5.45. The van der Waals surface area contributed by atoms with Crippen LogP contribution in [0.15, 0.2) is 10.8 Å². The second-order valence-electron chi connectivity index (χ2n) is 7.38. The van der Waals surface area contributed by atoms with Crippen molar-refractivity contribution in [3.63, 3.8) is 0 Å². The van der Waals surface area contributed by atoms with E-state index in [0.29, 0.717) is 6.61 Å². The number of thiophene rings is 1. The van der Waals surface area contributed by atoms with Crippen LogP contribution < -0.4 is 9.47 Å². The Hall–Kier alpha value is -0.740. The van der Waals surface area contributed by atoms with E-state index in [9.17, 15) is 0 Å². The summed E-state index contributed by atoms with van der Waals surface area (Å²) in [6.07, 6.45) is 16.4. The summed E-state index contributed by atoms with van der Waals surface area (Å²) in [5.74, 6) is 1.05. The quantitative estimate of drug-likeness (QED) is 0.313. The highest BCUT2D eigenvalue weighted by atomic mass is 32.1. The average molecular weight is 369 g/mol. The molecule has 1 aromatic heterocycles. The molecular formula is C21H36O3S. The first-order chi connectivity index (χ1) is 12.2. The van der Waals surface area contributed by atoms with Crippen molar-refractivity contribution < 1.29 is 14.2 Å². The van der Waals surface area contributed by atoms with Gasteiger partial charge in [0.2, 0.25) is 0 Å². The van der Waals surface area contributed by atoms with Crippen LogP contribution in [0.2, 0.25) is 0 Å². The van der Waals surface area contributed by atoms with E-state index in [0.717, 1.165) is 24.5 Å². The third kappa shape index (κ3) is 8.00. The van der Waals surface area contributed by atoms with E-state index in [-0.39, 0.29) is 0 Å². The molecule has 1 aromatic rings. The normalized spacial score (nSPS) is 15.0. The first kappa shape index (κ1) is 20.6. The van der Waals surface area contributed by atoms with Gasteiger partial charge in [0.15, 0.2) is 11.5 Å². The lowest BCUT2D eigenvalue weighted by Gasteiger charge is -2.23. The van der Waals surface area contributed by atoms with Crippen LogP contribution in [0.4, 0.5) is 0 Å². The molecular weight excluding hydrogens is 332 g/mol. The second kappa shape index (κ2) is 11.8. The first-order valence-corrected chi connectivity index (χ1v) is 11.2. The lowest BCUT2D eigenvalue weighted by atomic mass is 10.1. The molecule has 25 heavy (non-hydrogen) atoms. The van der Waals surface area contributed by atoms with Crippen LogP contribution in [0.1, 0.15) is 90.9 Å². The monoisotopic (exact) mass is 368 g/mol. The van der Waals surface area contributed by atoms with Gasteiger partial charge in [-0.05, 0) is 6.42 Å². The number of unbranched alkanes of at least 4 members (excludes halogenated alkanes) is 11. The van der Waals surface area contributed by atoms with Crippen LogP contribution in [0.25, 0.3) is 0 Å². The van der Waals surface area contributed by atoms with Gasteiger partial charge in [0.25, 0.3) is 5.79 Å². The molecule has 0 aromatic carbocycles. The molecule has 0 saturated heterocycles. The molecule has 2 heterocycles. The van der Waals surface area contributed by atoms with Gasteiger partial charge in [0.1, 0.15) is 6.61 Å². The highest BCUT2D eigenvalue weighted by molar-refractivity contribution is 7.08. The molecule has 0 bridgehead atoms. The summed E-state index contributed by atoms with van der Waals surface area (Å²) in [6, 6.07) is 0. The van der Waals surface area contributed by atoms with E-state index in [1.165, 1.54) is 70.6 Å². The van der Waals surface area contributed by atoms with Gasteiger partial charge in [0, 0.05) is 24.3 Å². The first-order valence-electron chi connectivity index (χ1n) is 10.3. The highest BCUT2D eigenvalue weighted by Gasteiger charge is 2.37. The summed E-state index contributed by atoms with van der Waals surface area (Å²) in [5, 5.41) is 3.96. The zero-order valence-electron chi connectivity index (χ0n) is 16.2. The smallest absolute Gasteiger partial charge is 0.272 e. The van der Waals surface area contributed by atoms with Gasteiger partial charge in [0.05, 0.1) is 0 Å². The van der Waals surface area contributed by atoms with Crippen molar-refractivity contribution in [1.82, 2.24) is 0 Å². The third-order valence-electron chi connectivity index (χ3n) is 4.75. The fourth-order valence-electron chi connectivity index (χ4n) is 3.27. The summed E-state index contributed by atoms with van der Waals surface area (Å²) < 4.78 is 17.4. The number of hydrogen-bond acceptors (Lipinski definition) is 4. The Bertz CT molecular complexity index is 437. The van der Waals surface area contributed by atoms with Crippen molar-refractivity contribution in [2.24, 2.45) is 0 Å². The van der Waals surface area contributed by atoms with Gasteiger partial charge in [-0.2, -0.15) is 0 Å². The molecule has 0 atom stereocenters. The summed E-state index contributed by atoms with van der Waals surface area (Å²) in [5.41, 5.74) is 0. The maximum Gasteiger partial charge on any atom is 0.272 e. The largest absolute Gasteiger partial charge is 0.445 e. The van der Waals surface area contributed by atoms with Crippen molar-refractivity contribution in [2.75, 3.05) is 13.2 Å². The molecule has 2 rings (SSSR count). The van der Waals surface area contributed by atoms with Crippen LogP contribution in [-0.4, -0.2) is 19.0 Å². The molecule has 0 saturated carbocycles. The highest BCUT2D eigenvalue weighted by Crippen LogP contribution is 2.42. The molecule has 144 valence electrons. The molecule has 1 aliphatic rings. The minimum atomic E-state index is -0.643. The standard InChI is InChI=1S/C21H36O3S/c1-3-4-5-6-7-8-9-10-11-12-13-14-15-22-18-21(2)23-19-16-25-17-20(19)24-21/h16-17H,3-15,18H2,1-2H3. The average Bonchev–Trinajstić information content (AvgIpc) is 3.13. The number of hydrogen-bond donors (Lipinski definition) is 0. The van der Waals surface area contributed by atoms with E-state index in [1.807, 2.05) is 17.7 Å². The van der Waals surface area contributed by atoms with Crippen LogP contribution in [0.5, 0.6) is 11.5 Å². The van der Waals surface area contributed by atoms with E-state index < -0.39 is 5.79 Å². The maximum absolute atomic E-state index is 5.81. The van der Waals surface area contributed by atoms with Crippen LogP contribution in [-0.2, 0) is 4.74 Å². The maximum atomic E-state index is 5.81. The zero-order valence-corrected chi connectivity index (χ0v) is 17.0. The predicted molar refractivity (Wildman–Crippen MR) is 106 cm³/mol. The fraction of sp³-hybridized carbons (Fsp3) is 0.810.